The topological polar surface area (TPSA) is 0 Å². The molecule has 0 amide bonds. The molecular formula is C12H26BP. The zero-order valence-corrected chi connectivity index (χ0v) is 9.73. The molecule has 0 aromatic heterocycles. The Bertz CT molecular complexity index is 121. The molecule has 2 aliphatic carbocycles. The molecule has 2 rings (SSSR count). The van der Waals surface area contributed by atoms with Gasteiger partial charge in [0.25, 0.3) is 0 Å². The molecule has 0 radical (unpaired) electrons. The Balaban J connectivity index is 0.000000980. The van der Waals surface area contributed by atoms with Crippen LogP contribution in [0, 0.1) is 0 Å². The number of hydrogen-bond acceptors (Lipinski definition) is 0. The molecule has 0 heterocycles. The third kappa shape index (κ3) is 3.93. The van der Waals surface area contributed by atoms with Gasteiger partial charge < -0.3 is 0 Å². The maximum absolute atomic E-state index is 1.56. The van der Waals surface area contributed by atoms with Crippen LogP contribution in [-0.2, 0) is 0 Å². The summed E-state index contributed by atoms with van der Waals surface area (Å²) in [5.41, 5.74) is 2.30. The van der Waals surface area contributed by atoms with Gasteiger partial charge in [-0.25, -0.2) is 0 Å². The van der Waals surface area contributed by atoms with E-state index < -0.39 is 0 Å². The Morgan fingerprint density at radius 1 is 0.571 bits per heavy atom. The van der Waals surface area contributed by atoms with Crippen LogP contribution >= 0.6 is 8.58 Å². The van der Waals surface area contributed by atoms with E-state index in [2.05, 4.69) is 0 Å². The van der Waals surface area contributed by atoms with Crippen LogP contribution in [0.4, 0.5) is 0 Å². The molecule has 82 valence electrons. The molecule has 2 fully saturated rings. The van der Waals surface area contributed by atoms with Crippen molar-refractivity contribution >= 4 is 17.0 Å². The average molecular weight is 212 g/mol. The first-order valence-electron chi connectivity index (χ1n) is 6.21. The quantitative estimate of drug-likeness (QED) is 0.487. The third-order valence-corrected chi connectivity index (χ3v) is 5.78. The van der Waals surface area contributed by atoms with Crippen LogP contribution in [0.5, 0.6) is 0 Å². The molecule has 0 saturated heterocycles. The van der Waals surface area contributed by atoms with Gasteiger partial charge in [-0.2, -0.15) is 0 Å². The first-order chi connectivity index (χ1) is 6.45. The molecule has 0 spiro atoms. The fourth-order valence-electron chi connectivity index (χ4n) is 2.87. The van der Waals surface area contributed by atoms with Crippen molar-refractivity contribution < 1.29 is 0 Å². The fourth-order valence-corrected chi connectivity index (χ4v) is 5.02. The van der Waals surface area contributed by atoms with Crippen LogP contribution in [0.15, 0.2) is 0 Å². The lowest BCUT2D eigenvalue weighted by molar-refractivity contribution is 0.490. The van der Waals surface area contributed by atoms with Crippen molar-refractivity contribution in [3.63, 3.8) is 0 Å². The second kappa shape index (κ2) is 6.88. The average Bonchev–Trinajstić information content (AvgIpc) is 2.21. The SMILES string of the molecule is B.C1CCC(PC2CCCCC2)CC1. The lowest BCUT2D eigenvalue weighted by atomic mass is 10.00. The molecule has 0 aliphatic heterocycles. The highest BCUT2D eigenvalue weighted by Crippen LogP contribution is 2.41. The van der Waals surface area contributed by atoms with Crippen LogP contribution in [-0.4, -0.2) is 19.7 Å². The van der Waals surface area contributed by atoms with Gasteiger partial charge in [0.15, 0.2) is 0 Å². The van der Waals surface area contributed by atoms with Crippen molar-refractivity contribution in [1.82, 2.24) is 0 Å². The van der Waals surface area contributed by atoms with Crippen molar-refractivity contribution in [3.05, 3.63) is 0 Å². The Kier molecular flexibility index (Phi) is 6.18. The van der Waals surface area contributed by atoms with Gasteiger partial charge in [0.1, 0.15) is 0 Å². The van der Waals surface area contributed by atoms with E-state index in [0.29, 0.717) is 0 Å². The van der Waals surface area contributed by atoms with Gasteiger partial charge in [-0.3, -0.25) is 0 Å². The Hall–Kier alpha value is 0.495. The normalized spacial score (nSPS) is 25.7. The minimum atomic E-state index is 0. The van der Waals surface area contributed by atoms with E-state index in [-0.39, 0.29) is 8.41 Å². The number of hydrogen-bond donors (Lipinski definition) is 0. The molecular weight excluding hydrogens is 186 g/mol. The van der Waals surface area contributed by atoms with E-state index in [0.717, 1.165) is 11.3 Å². The summed E-state index contributed by atoms with van der Waals surface area (Å²) in [6, 6.07) is 0. The molecule has 0 atom stereocenters. The van der Waals surface area contributed by atoms with Crippen molar-refractivity contribution in [2.45, 2.75) is 75.5 Å². The summed E-state index contributed by atoms with van der Waals surface area (Å²) >= 11 is 0. The minimum Gasteiger partial charge on any atom is -0.116 e. The van der Waals surface area contributed by atoms with Gasteiger partial charge in [-0.1, -0.05) is 38.5 Å². The van der Waals surface area contributed by atoms with Gasteiger partial charge in [0, 0.05) is 0 Å². The van der Waals surface area contributed by atoms with Gasteiger partial charge >= 0.3 is 0 Å². The lowest BCUT2D eigenvalue weighted by Crippen LogP contribution is -2.14. The van der Waals surface area contributed by atoms with Crippen LogP contribution in [0.25, 0.3) is 0 Å². The zero-order valence-electron chi connectivity index (χ0n) is 8.73. The molecule has 0 bridgehead atoms. The van der Waals surface area contributed by atoms with Crippen molar-refractivity contribution in [2.75, 3.05) is 0 Å². The maximum Gasteiger partial charge on any atom is 0.0814 e. The zero-order chi connectivity index (χ0) is 8.93. The van der Waals surface area contributed by atoms with E-state index in [4.69, 9.17) is 0 Å². The molecule has 2 aliphatic rings. The van der Waals surface area contributed by atoms with Gasteiger partial charge in [-0.05, 0) is 37.0 Å². The second-order valence-corrected chi connectivity index (χ2v) is 6.80. The Morgan fingerprint density at radius 3 is 1.29 bits per heavy atom. The summed E-state index contributed by atoms with van der Waals surface area (Å²) in [5.74, 6) is 0. The monoisotopic (exact) mass is 212 g/mol. The van der Waals surface area contributed by atoms with E-state index in [1.165, 1.54) is 47.1 Å². The van der Waals surface area contributed by atoms with Gasteiger partial charge in [0.2, 0.25) is 0 Å². The van der Waals surface area contributed by atoms with E-state index in [1.807, 2.05) is 0 Å². The highest BCUT2D eigenvalue weighted by molar-refractivity contribution is 7.39. The van der Waals surface area contributed by atoms with Crippen LogP contribution in [0.3, 0.4) is 0 Å². The maximum atomic E-state index is 1.56. The van der Waals surface area contributed by atoms with Gasteiger partial charge in [0.05, 0.1) is 8.41 Å². The standard InChI is InChI=1S/C12H23P.BH3/c1-3-7-11(8-4-1)13-12-9-5-2-6-10-12;/h11-13H,1-10H2;1H3. The Labute approximate surface area is 93.0 Å². The smallest absolute Gasteiger partial charge is 0.0814 e. The minimum absolute atomic E-state index is 0. The highest BCUT2D eigenvalue weighted by Gasteiger charge is 2.20. The van der Waals surface area contributed by atoms with E-state index in [9.17, 15) is 0 Å². The van der Waals surface area contributed by atoms with E-state index >= 15 is 0 Å². The predicted octanol–water partition coefficient (Wildman–Crippen LogP) is 3.15. The fraction of sp³-hybridized carbons (Fsp3) is 1.00. The predicted molar refractivity (Wildman–Crippen MR) is 72.0 cm³/mol. The third-order valence-electron chi connectivity index (χ3n) is 3.68. The Morgan fingerprint density at radius 2 is 0.929 bits per heavy atom. The van der Waals surface area contributed by atoms with Gasteiger partial charge in [-0.15, -0.1) is 8.58 Å². The summed E-state index contributed by atoms with van der Waals surface area (Å²) in [5, 5.41) is 0. The second-order valence-electron chi connectivity index (χ2n) is 4.84. The molecule has 2 heteroatoms. The lowest BCUT2D eigenvalue weighted by Gasteiger charge is -2.28. The van der Waals surface area contributed by atoms with Crippen molar-refractivity contribution in [2.24, 2.45) is 0 Å². The molecule has 0 unspecified atom stereocenters. The molecule has 0 nitrogen and oxygen atoms in total. The molecule has 0 N–H and O–H groups in total. The molecule has 2 saturated carbocycles. The van der Waals surface area contributed by atoms with Crippen LogP contribution in [0.1, 0.15) is 64.2 Å². The van der Waals surface area contributed by atoms with E-state index in [1.54, 1.807) is 25.7 Å². The summed E-state index contributed by atoms with van der Waals surface area (Å²) in [6.45, 7) is 0. The first-order valence-corrected chi connectivity index (χ1v) is 7.37. The molecule has 0 aromatic carbocycles. The number of rotatable bonds is 2. The van der Waals surface area contributed by atoms with Crippen molar-refractivity contribution in [3.8, 4) is 0 Å². The first kappa shape index (κ1) is 12.6. The summed E-state index contributed by atoms with van der Waals surface area (Å²) in [6.07, 6.45) is 15.4. The summed E-state index contributed by atoms with van der Waals surface area (Å²) < 4.78 is 0. The van der Waals surface area contributed by atoms with Crippen LogP contribution in [0.2, 0.25) is 0 Å². The van der Waals surface area contributed by atoms with Crippen LogP contribution < -0.4 is 0 Å². The highest BCUT2D eigenvalue weighted by atomic mass is 31.1. The van der Waals surface area contributed by atoms with Crippen molar-refractivity contribution in [1.29, 1.82) is 0 Å². The summed E-state index contributed by atoms with van der Waals surface area (Å²) in [4.78, 5) is 0. The molecule has 14 heavy (non-hydrogen) atoms. The largest absolute Gasteiger partial charge is 0.116 e. The molecule has 0 aromatic rings. The summed E-state index contributed by atoms with van der Waals surface area (Å²) in [7, 11) is 1.33.